The van der Waals surface area contributed by atoms with Gasteiger partial charge in [-0.05, 0) is 53.3 Å². The summed E-state index contributed by atoms with van der Waals surface area (Å²) in [6.07, 6.45) is 0.713. The fraction of sp³-hybridized carbons (Fsp3) is 0.320. The minimum absolute atomic E-state index is 0.0934. The van der Waals surface area contributed by atoms with E-state index < -0.39 is 0 Å². The van der Waals surface area contributed by atoms with E-state index in [1.807, 2.05) is 28.5 Å². The van der Waals surface area contributed by atoms with Gasteiger partial charge >= 0.3 is 0 Å². The number of ether oxygens (including phenoxy) is 5. The molecule has 5 rings (SSSR count). The van der Waals surface area contributed by atoms with Crippen LogP contribution in [0, 0.1) is 0 Å². The lowest BCUT2D eigenvalue weighted by Gasteiger charge is -2.37. The number of fused-ring (bicyclic) bond motifs is 2. The van der Waals surface area contributed by atoms with Gasteiger partial charge in [0.15, 0.2) is 23.0 Å². The molecule has 0 N–H and O–H groups in total. The van der Waals surface area contributed by atoms with Crippen LogP contribution in [0.15, 0.2) is 41.8 Å². The molecule has 0 saturated carbocycles. The first-order valence-electron chi connectivity index (χ1n) is 10.7. The fourth-order valence-corrected chi connectivity index (χ4v) is 5.34. The molecule has 8 heteroatoms. The first kappa shape index (κ1) is 21.5. The third-order valence-electron chi connectivity index (χ3n) is 6.02. The predicted octanol–water partition coefficient (Wildman–Crippen LogP) is 4.33. The molecule has 0 saturated heterocycles. The van der Waals surface area contributed by atoms with E-state index in [1.54, 1.807) is 44.8 Å². The topological polar surface area (TPSA) is 66.5 Å². The van der Waals surface area contributed by atoms with E-state index in [-0.39, 0.29) is 11.9 Å². The molecule has 1 unspecified atom stereocenters. The lowest BCUT2D eigenvalue weighted by Crippen LogP contribution is -2.40. The molecule has 3 heterocycles. The monoisotopic (exact) mass is 467 g/mol. The minimum Gasteiger partial charge on any atom is -0.493 e. The molecule has 1 atom stereocenters. The number of hydrogen-bond donors (Lipinski definition) is 0. The highest BCUT2D eigenvalue weighted by atomic mass is 32.1. The Hall–Kier alpha value is -3.39. The second-order valence-corrected chi connectivity index (χ2v) is 8.75. The van der Waals surface area contributed by atoms with Crippen molar-refractivity contribution in [3.8, 4) is 28.7 Å². The summed E-state index contributed by atoms with van der Waals surface area (Å²) in [5.74, 6) is 2.80. The van der Waals surface area contributed by atoms with Crippen LogP contribution in [0.1, 0.15) is 32.4 Å². The summed E-state index contributed by atoms with van der Waals surface area (Å²) < 4.78 is 28.0. The van der Waals surface area contributed by atoms with Gasteiger partial charge in [-0.3, -0.25) is 4.79 Å². The molecular weight excluding hydrogens is 442 g/mol. The van der Waals surface area contributed by atoms with Crippen molar-refractivity contribution in [1.29, 1.82) is 0 Å². The number of amides is 1. The summed E-state index contributed by atoms with van der Waals surface area (Å²) >= 11 is 1.63. The molecule has 0 radical (unpaired) electrons. The van der Waals surface area contributed by atoms with Gasteiger partial charge in [0.2, 0.25) is 5.75 Å². The quantitative estimate of drug-likeness (QED) is 0.556. The van der Waals surface area contributed by atoms with Crippen LogP contribution in [0.4, 0.5) is 0 Å². The number of benzene rings is 2. The molecule has 1 aromatic heterocycles. The van der Waals surface area contributed by atoms with Crippen LogP contribution >= 0.6 is 11.3 Å². The van der Waals surface area contributed by atoms with Gasteiger partial charge < -0.3 is 28.6 Å². The molecular formula is C25H25NO6S. The zero-order valence-corrected chi connectivity index (χ0v) is 19.6. The normalized spacial score (nSPS) is 16.7. The van der Waals surface area contributed by atoms with Gasteiger partial charge in [-0.1, -0.05) is 6.07 Å². The first-order chi connectivity index (χ1) is 16.1. The molecule has 0 spiro atoms. The van der Waals surface area contributed by atoms with E-state index in [9.17, 15) is 4.79 Å². The second kappa shape index (κ2) is 8.86. The lowest BCUT2D eigenvalue weighted by atomic mass is 9.90. The number of carbonyl (C=O) groups excluding carboxylic acids is 1. The van der Waals surface area contributed by atoms with Crippen LogP contribution in [0.25, 0.3) is 0 Å². The Kier molecular flexibility index (Phi) is 5.76. The third-order valence-corrected chi connectivity index (χ3v) is 6.95. The van der Waals surface area contributed by atoms with Crippen molar-refractivity contribution in [3.05, 3.63) is 63.3 Å². The molecule has 2 aliphatic heterocycles. The van der Waals surface area contributed by atoms with Gasteiger partial charge in [0.1, 0.15) is 13.2 Å². The molecule has 0 aliphatic carbocycles. The maximum atomic E-state index is 13.9. The number of thiophene rings is 1. The highest BCUT2D eigenvalue weighted by molar-refractivity contribution is 7.10. The van der Waals surface area contributed by atoms with Crippen molar-refractivity contribution in [2.24, 2.45) is 0 Å². The van der Waals surface area contributed by atoms with Crippen molar-refractivity contribution in [2.45, 2.75) is 12.5 Å². The van der Waals surface area contributed by atoms with E-state index in [4.69, 9.17) is 23.7 Å². The summed E-state index contributed by atoms with van der Waals surface area (Å²) in [5, 5.41) is 2.03. The molecule has 33 heavy (non-hydrogen) atoms. The predicted molar refractivity (Wildman–Crippen MR) is 124 cm³/mol. The Labute approximate surface area is 196 Å². The Morgan fingerprint density at radius 2 is 1.76 bits per heavy atom. The Morgan fingerprint density at radius 1 is 1.00 bits per heavy atom. The molecule has 172 valence electrons. The Morgan fingerprint density at radius 3 is 2.48 bits per heavy atom. The van der Waals surface area contributed by atoms with E-state index >= 15 is 0 Å². The van der Waals surface area contributed by atoms with Gasteiger partial charge in [-0.25, -0.2) is 0 Å². The van der Waals surface area contributed by atoms with Crippen LogP contribution in [0.3, 0.4) is 0 Å². The standard InChI is InChI=1S/C25H25NO6S/c1-28-18-11-15-6-7-26(23(22-5-4-10-33-22)17(15)14-19(18)29-2)25(27)16-12-20(30-3)24-21(13-16)31-8-9-32-24/h4-5,10-14,23H,6-9H2,1-3H3. The summed E-state index contributed by atoms with van der Waals surface area (Å²) in [4.78, 5) is 16.9. The third kappa shape index (κ3) is 3.74. The van der Waals surface area contributed by atoms with E-state index in [0.717, 1.165) is 16.0 Å². The van der Waals surface area contributed by atoms with Crippen molar-refractivity contribution in [3.63, 3.8) is 0 Å². The van der Waals surface area contributed by atoms with Gasteiger partial charge in [0.05, 0.1) is 27.4 Å². The van der Waals surface area contributed by atoms with Gasteiger partial charge in [-0.15, -0.1) is 11.3 Å². The number of nitrogens with zero attached hydrogens (tertiary/aromatic N) is 1. The maximum absolute atomic E-state index is 13.9. The van der Waals surface area contributed by atoms with Crippen LogP contribution in [0.5, 0.6) is 28.7 Å². The lowest BCUT2D eigenvalue weighted by molar-refractivity contribution is 0.0695. The van der Waals surface area contributed by atoms with Crippen LogP contribution in [-0.2, 0) is 6.42 Å². The molecule has 0 fully saturated rings. The van der Waals surface area contributed by atoms with Crippen molar-refractivity contribution in [2.75, 3.05) is 41.1 Å². The number of methoxy groups -OCH3 is 3. The highest BCUT2D eigenvalue weighted by Crippen LogP contribution is 2.44. The fourth-order valence-electron chi connectivity index (χ4n) is 4.48. The SMILES string of the molecule is COc1cc2c(cc1OC)C(c1cccs1)N(C(=O)c1cc(OC)c3c(c1)OCCO3)CC2. The zero-order chi connectivity index (χ0) is 22.9. The molecule has 0 bridgehead atoms. The summed E-state index contributed by atoms with van der Waals surface area (Å²) in [6, 6.07) is 11.3. The summed E-state index contributed by atoms with van der Waals surface area (Å²) in [7, 11) is 4.82. The highest BCUT2D eigenvalue weighted by Gasteiger charge is 2.35. The van der Waals surface area contributed by atoms with E-state index in [2.05, 4.69) is 6.07 Å². The Balaban J connectivity index is 1.59. The summed E-state index contributed by atoms with van der Waals surface area (Å²) in [5.41, 5.74) is 2.69. The smallest absolute Gasteiger partial charge is 0.254 e. The Bertz CT molecular complexity index is 1160. The van der Waals surface area contributed by atoms with Crippen LogP contribution in [-0.4, -0.2) is 51.9 Å². The minimum atomic E-state index is -0.236. The second-order valence-electron chi connectivity index (χ2n) is 7.78. The number of rotatable bonds is 5. The maximum Gasteiger partial charge on any atom is 0.254 e. The average molecular weight is 468 g/mol. The van der Waals surface area contributed by atoms with Crippen molar-refractivity contribution in [1.82, 2.24) is 4.90 Å². The summed E-state index contributed by atoms with van der Waals surface area (Å²) in [6.45, 7) is 1.45. The number of hydrogen-bond acceptors (Lipinski definition) is 7. The number of carbonyl (C=O) groups is 1. The zero-order valence-electron chi connectivity index (χ0n) is 18.8. The molecule has 7 nitrogen and oxygen atoms in total. The molecule has 2 aliphatic rings. The van der Waals surface area contributed by atoms with Gasteiger partial charge in [0.25, 0.3) is 5.91 Å². The van der Waals surface area contributed by atoms with E-state index in [0.29, 0.717) is 60.5 Å². The average Bonchev–Trinajstić information content (AvgIpc) is 3.40. The largest absolute Gasteiger partial charge is 0.493 e. The molecule has 1 amide bonds. The first-order valence-corrected chi connectivity index (χ1v) is 11.6. The molecule has 2 aromatic carbocycles. The van der Waals surface area contributed by atoms with Gasteiger partial charge in [0, 0.05) is 17.0 Å². The van der Waals surface area contributed by atoms with Crippen LogP contribution in [0.2, 0.25) is 0 Å². The van der Waals surface area contributed by atoms with Crippen LogP contribution < -0.4 is 23.7 Å². The molecule has 3 aromatic rings. The van der Waals surface area contributed by atoms with Gasteiger partial charge in [-0.2, -0.15) is 0 Å². The van der Waals surface area contributed by atoms with Crippen molar-refractivity contribution < 1.29 is 28.5 Å². The van der Waals surface area contributed by atoms with Crippen molar-refractivity contribution >= 4 is 17.2 Å². The van der Waals surface area contributed by atoms with E-state index in [1.165, 1.54) is 0 Å².